The molecule has 1 saturated heterocycles. The van der Waals surface area contributed by atoms with Crippen LogP contribution in [0, 0.1) is 5.92 Å². The van der Waals surface area contributed by atoms with Gasteiger partial charge in [-0.2, -0.15) is 0 Å². The van der Waals surface area contributed by atoms with Crippen LogP contribution in [0.15, 0.2) is 54.6 Å². The molecule has 0 spiro atoms. The SMILES string of the molecule is Nc1ccc(CC2CCN(C(=O)c3ccccc3)CC2)cc1. The number of hydrogen-bond donors (Lipinski definition) is 1. The van der Waals surface area contributed by atoms with Crippen molar-refractivity contribution in [3.8, 4) is 0 Å². The van der Waals surface area contributed by atoms with E-state index in [-0.39, 0.29) is 5.91 Å². The van der Waals surface area contributed by atoms with Crippen molar-refractivity contribution in [2.24, 2.45) is 5.92 Å². The fraction of sp³-hybridized carbons (Fsp3) is 0.316. The number of benzene rings is 2. The van der Waals surface area contributed by atoms with Crippen LogP contribution in [0.25, 0.3) is 0 Å². The number of anilines is 1. The molecule has 0 atom stereocenters. The van der Waals surface area contributed by atoms with Gasteiger partial charge in [0.15, 0.2) is 0 Å². The van der Waals surface area contributed by atoms with Gasteiger partial charge in [-0.15, -0.1) is 0 Å². The van der Waals surface area contributed by atoms with Gasteiger partial charge >= 0.3 is 0 Å². The molecule has 0 aromatic heterocycles. The van der Waals surface area contributed by atoms with Gasteiger partial charge in [-0.25, -0.2) is 0 Å². The minimum absolute atomic E-state index is 0.159. The highest BCUT2D eigenvalue weighted by atomic mass is 16.2. The highest BCUT2D eigenvalue weighted by molar-refractivity contribution is 5.94. The van der Waals surface area contributed by atoms with Crippen LogP contribution in [0.1, 0.15) is 28.8 Å². The number of piperidine rings is 1. The van der Waals surface area contributed by atoms with Crippen LogP contribution < -0.4 is 5.73 Å². The molecule has 3 nitrogen and oxygen atoms in total. The number of carbonyl (C=O) groups is 1. The largest absolute Gasteiger partial charge is 0.399 e. The Morgan fingerprint density at radius 3 is 2.27 bits per heavy atom. The molecule has 0 saturated carbocycles. The van der Waals surface area contributed by atoms with Crippen LogP contribution in [0.3, 0.4) is 0 Å². The number of likely N-dealkylation sites (tertiary alicyclic amines) is 1. The molecule has 0 bridgehead atoms. The average Bonchev–Trinajstić information content (AvgIpc) is 2.58. The van der Waals surface area contributed by atoms with Crippen LogP contribution in [0.5, 0.6) is 0 Å². The molecule has 0 aliphatic carbocycles. The monoisotopic (exact) mass is 294 g/mol. The van der Waals surface area contributed by atoms with Gasteiger partial charge in [-0.1, -0.05) is 30.3 Å². The molecule has 114 valence electrons. The quantitative estimate of drug-likeness (QED) is 0.882. The van der Waals surface area contributed by atoms with Gasteiger partial charge < -0.3 is 10.6 Å². The molecular weight excluding hydrogens is 272 g/mol. The first-order valence-corrected chi connectivity index (χ1v) is 7.91. The lowest BCUT2D eigenvalue weighted by molar-refractivity contribution is 0.0690. The second kappa shape index (κ2) is 6.65. The number of nitrogens with zero attached hydrogens (tertiary/aromatic N) is 1. The second-order valence-electron chi connectivity index (χ2n) is 6.05. The Bertz CT molecular complexity index is 614. The Balaban J connectivity index is 1.54. The summed E-state index contributed by atoms with van der Waals surface area (Å²) < 4.78 is 0. The maximum Gasteiger partial charge on any atom is 0.253 e. The first-order valence-electron chi connectivity index (χ1n) is 7.91. The molecule has 0 radical (unpaired) electrons. The number of nitrogens with two attached hydrogens (primary N) is 1. The zero-order chi connectivity index (χ0) is 15.4. The zero-order valence-corrected chi connectivity index (χ0v) is 12.7. The van der Waals surface area contributed by atoms with Crippen LogP contribution in [0.2, 0.25) is 0 Å². The van der Waals surface area contributed by atoms with Gasteiger partial charge in [0.1, 0.15) is 0 Å². The lowest BCUT2D eigenvalue weighted by atomic mass is 9.90. The van der Waals surface area contributed by atoms with E-state index in [1.54, 1.807) is 0 Å². The molecule has 2 aromatic rings. The van der Waals surface area contributed by atoms with Crippen LogP contribution in [0.4, 0.5) is 5.69 Å². The van der Waals surface area contributed by atoms with E-state index in [1.165, 1.54) is 5.56 Å². The number of nitrogen functional groups attached to an aromatic ring is 1. The maximum atomic E-state index is 12.4. The molecule has 1 aliphatic heterocycles. The number of rotatable bonds is 3. The molecule has 2 N–H and O–H groups in total. The summed E-state index contributed by atoms with van der Waals surface area (Å²) in [5.41, 5.74) is 8.66. The van der Waals surface area contributed by atoms with E-state index in [9.17, 15) is 4.79 Å². The molecule has 1 heterocycles. The second-order valence-corrected chi connectivity index (χ2v) is 6.05. The molecule has 22 heavy (non-hydrogen) atoms. The Kier molecular flexibility index (Phi) is 4.42. The fourth-order valence-electron chi connectivity index (χ4n) is 3.09. The molecule has 0 unspecified atom stereocenters. The molecule has 3 heteroatoms. The highest BCUT2D eigenvalue weighted by Gasteiger charge is 2.23. The van der Waals surface area contributed by atoms with E-state index in [0.29, 0.717) is 5.92 Å². The number of hydrogen-bond acceptors (Lipinski definition) is 2. The van der Waals surface area contributed by atoms with Gasteiger partial charge in [-0.3, -0.25) is 4.79 Å². The van der Waals surface area contributed by atoms with Crippen molar-refractivity contribution >= 4 is 11.6 Å². The standard InChI is InChI=1S/C19H22N2O/c20-18-8-6-15(7-9-18)14-16-10-12-21(13-11-16)19(22)17-4-2-1-3-5-17/h1-9,16H,10-14,20H2. The molecule has 3 rings (SSSR count). The first kappa shape index (κ1) is 14.6. The van der Waals surface area contributed by atoms with Gasteiger partial charge in [0.05, 0.1) is 0 Å². The molecular formula is C19H22N2O. The van der Waals surface area contributed by atoms with Crippen molar-refractivity contribution in [1.82, 2.24) is 4.90 Å². The van der Waals surface area contributed by atoms with E-state index in [1.807, 2.05) is 47.4 Å². The summed E-state index contributed by atoms with van der Waals surface area (Å²) in [7, 11) is 0. The van der Waals surface area contributed by atoms with Crippen molar-refractivity contribution in [3.63, 3.8) is 0 Å². The van der Waals surface area contributed by atoms with Gasteiger partial charge in [0, 0.05) is 24.3 Å². The topological polar surface area (TPSA) is 46.3 Å². The Morgan fingerprint density at radius 1 is 1.00 bits per heavy atom. The van der Waals surface area contributed by atoms with Crippen LogP contribution in [-0.4, -0.2) is 23.9 Å². The Labute approximate surface area is 131 Å². The van der Waals surface area contributed by atoms with Gasteiger partial charge in [-0.05, 0) is 55.0 Å². The van der Waals surface area contributed by atoms with E-state index < -0.39 is 0 Å². The van der Waals surface area contributed by atoms with E-state index in [0.717, 1.165) is 43.6 Å². The molecule has 1 amide bonds. The van der Waals surface area contributed by atoms with Gasteiger partial charge in [0.25, 0.3) is 5.91 Å². The predicted octanol–water partition coefficient (Wildman–Crippen LogP) is 3.36. The van der Waals surface area contributed by atoms with E-state index >= 15 is 0 Å². The normalized spacial score (nSPS) is 15.7. The van der Waals surface area contributed by atoms with Crippen molar-refractivity contribution < 1.29 is 4.79 Å². The third-order valence-electron chi connectivity index (χ3n) is 4.43. The summed E-state index contributed by atoms with van der Waals surface area (Å²) in [6.07, 6.45) is 3.22. The molecule has 2 aromatic carbocycles. The predicted molar refractivity (Wildman–Crippen MR) is 89.6 cm³/mol. The summed E-state index contributed by atoms with van der Waals surface area (Å²) in [6.45, 7) is 1.71. The summed E-state index contributed by atoms with van der Waals surface area (Å²) in [5, 5.41) is 0. The summed E-state index contributed by atoms with van der Waals surface area (Å²) in [6, 6.07) is 17.7. The van der Waals surface area contributed by atoms with Crippen molar-refractivity contribution in [1.29, 1.82) is 0 Å². The van der Waals surface area contributed by atoms with Crippen molar-refractivity contribution in [2.75, 3.05) is 18.8 Å². The highest BCUT2D eigenvalue weighted by Crippen LogP contribution is 2.23. The van der Waals surface area contributed by atoms with Crippen LogP contribution in [-0.2, 0) is 6.42 Å². The number of carbonyl (C=O) groups excluding carboxylic acids is 1. The smallest absolute Gasteiger partial charge is 0.253 e. The summed E-state index contributed by atoms with van der Waals surface area (Å²) >= 11 is 0. The van der Waals surface area contributed by atoms with E-state index in [2.05, 4.69) is 12.1 Å². The minimum Gasteiger partial charge on any atom is -0.399 e. The summed E-state index contributed by atoms with van der Waals surface area (Å²) in [4.78, 5) is 14.4. The third kappa shape index (κ3) is 3.48. The fourth-order valence-corrected chi connectivity index (χ4v) is 3.09. The zero-order valence-electron chi connectivity index (χ0n) is 12.7. The lowest BCUT2D eigenvalue weighted by Gasteiger charge is -2.32. The Hall–Kier alpha value is -2.29. The number of amides is 1. The van der Waals surface area contributed by atoms with Gasteiger partial charge in [0.2, 0.25) is 0 Å². The lowest BCUT2D eigenvalue weighted by Crippen LogP contribution is -2.38. The van der Waals surface area contributed by atoms with Crippen molar-refractivity contribution in [3.05, 3.63) is 65.7 Å². The average molecular weight is 294 g/mol. The summed E-state index contributed by atoms with van der Waals surface area (Å²) in [5.74, 6) is 0.815. The third-order valence-corrected chi connectivity index (χ3v) is 4.43. The van der Waals surface area contributed by atoms with Crippen molar-refractivity contribution in [2.45, 2.75) is 19.3 Å². The van der Waals surface area contributed by atoms with E-state index in [4.69, 9.17) is 5.73 Å². The Morgan fingerprint density at radius 2 is 1.64 bits per heavy atom. The minimum atomic E-state index is 0.159. The molecule has 1 aliphatic rings. The maximum absolute atomic E-state index is 12.4. The molecule has 1 fully saturated rings. The van der Waals surface area contributed by atoms with Crippen LogP contribution >= 0.6 is 0 Å². The first-order chi connectivity index (χ1) is 10.7.